The normalized spacial score (nSPS) is 33.2. The van der Waals surface area contributed by atoms with E-state index in [2.05, 4.69) is 4.98 Å². The number of carbonyl (C=O) groups excluding carboxylic acids is 1. The number of carboxylic acid groups (broad SMARTS) is 1. The van der Waals surface area contributed by atoms with Crippen molar-refractivity contribution in [1.29, 1.82) is 0 Å². The molecule has 0 bridgehead atoms. The Morgan fingerprint density at radius 2 is 1.98 bits per heavy atom. The number of aliphatic carboxylic acids is 1. The van der Waals surface area contributed by atoms with Gasteiger partial charge in [0, 0.05) is 44.8 Å². The van der Waals surface area contributed by atoms with Crippen molar-refractivity contribution in [1.82, 2.24) is 4.98 Å². The van der Waals surface area contributed by atoms with Crippen molar-refractivity contribution in [2.24, 2.45) is 17.8 Å². The molecule has 0 aromatic carbocycles. The molecular formula is C35H49NO9. The molecule has 2 aliphatic heterocycles. The van der Waals surface area contributed by atoms with Crippen LogP contribution in [0.5, 0.6) is 0 Å². The van der Waals surface area contributed by atoms with E-state index in [9.17, 15) is 24.9 Å². The van der Waals surface area contributed by atoms with Gasteiger partial charge in [-0.3, -0.25) is 4.79 Å². The minimum atomic E-state index is -0.967. The van der Waals surface area contributed by atoms with E-state index in [0.717, 1.165) is 16.8 Å². The van der Waals surface area contributed by atoms with Gasteiger partial charge in [-0.1, -0.05) is 50.3 Å². The summed E-state index contributed by atoms with van der Waals surface area (Å²) in [4.78, 5) is 28.8. The van der Waals surface area contributed by atoms with Gasteiger partial charge in [0.2, 0.25) is 0 Å². The van der Waals surface area contributed by atoms with E-state index in [-0.39, 0.29) is 43.1 Å². The van der Waals surface area contributed by atoms with Gasteiger partial charge in [-0.25, -0.2) is 9.78 Å². The van der Waals surface area contributed by atoms with Crippen molar-refractivity contribution >= 4 is 18.0 Å². The van der Waals surface area contributed by atoms with Crippen LogP contribution < -0.4 is 0 Å². The average molecular weight is 628 g/mol. The Morgan fingerprint density at radius 3 is 2.62 bits per heavy atom. The van der Waals surface area contributed by atoms with Crippen molar-refractivity contribution in [3.8, 4) is 0 Å². The van der Waals surface area contributed by atoms with Crippen LogP contribution in [0.2, 0.25) is 0 Å². The number of hydrogen-bond donors (Lipinski definition) is 3. The van der Waals surface area contributed by atoms with Crippen molar-refractivity contribution in [2.75, 3.05) is 7.11 Å². The van der Waals surface area contributed by atoms with E-state index >= 15 is 0 Å². The number of aliphatic hydroxyl groups excluding tert-OH is 2. The van der Waals surface area contributed by atoms with Gasteiger partial charge in [0.05, 0.1) is 18.3 Å². The van der Waals surface area contributed by atoms with Crippen LogP contribution >= 0.6 is 0 Å². The molecule has 3 unspecified atom stereocenters. The molecule has 1 fully saturated rings. The smallest absolute Gasteiger partial charge is 0.330 e. The number of ether oxygens (including phenoxy) is 3. The van der Waals surface area contributed by atoms with Crippen LogP contribution in [0.25, 0.3) is 6.08 Å². The second-order valence-corrected chi connectivity index (χ2v) is 12.6. The maximum Gasteiger partial charge on any atom is 0.330 e. The van der Waals surface area contributed by atoms with E-state index in [1.54, 1.807) is 26.4 Å². The molecule has 3 heterocycles. The standard InChI is InChI=1S/C35H49NO9/c1-21(16-27-20-43-25(5)36-27)10-8-11-23(3)34(42-7)24(4)29-19-30(38)35(6)31(45-35)15-14-22(2)28(37)17-26(18-32(39)40)12-9-13-33(41)44-29/h8-11,13-16,20,22,24,26,28-31,34,37-38H,12,17-19H2,1-7H3,(H,39,40)/b10-8+,13-9-,15-14-,21-16+,23-11+/t22-,24+,26-,28?,29?,30+,31-,34+,35?/m1/s1. The van der Waals surface area contributed by atoms with Crippen molar-refractivity contribution in [2.45, 2.75) is 103 Å². The quantitative estimate of drug-likeness (QED) is 0.141. The van der Waals surface area contributed by atoms with Gasteiger partial charge in [0.1, 0.15) is 29.8 Å². The molecule has 10 nitrogen and oxygen atoms in total. The molecular weight excluding hydrogens is 578 g/mol. The van der Waals surface area contributed by atoms with Gasteiger partial charge in [-0.2, -0.15) is 0 Å². The van der Waals surface area contributed by atoms with Crippen molar-refractivity contribution in [3.05, 3.63) is 71.5 Å². The van der Waals surface area contributed by atoms with Gasteiger partial charge < -0.3 is 33.9 Å². The summed E-state index contributed by atoms with van der Waals surface area (Å²) in [6, 6.07) is 0. The number of carboxylic acids is 1. The number of aromatic nitrogens is 1. The average Bonchev–Trinajstić information content (AvgIpc) is 3.47. The van der Waals surface area contributed by atoms with E-state index < -0.39 is 42.0 Å². The number of allylic oxidation sites excluding steroid dienone is 5. The second kappa shape index (κ2) is 16.3. The molecule has 0 aliphatic carbocycles. The summed E-state index contributed by atoms with van der Waals surface area (Å²) in [6.07, 6.45) is 13.2. The number of esters is 1. The third kappa shape index (κ3) is 10.6. The number of nitrogens with zero attached hydrogens (tertiary/aromatic N) is 1. The Hall–Kier alpha value is -3.31. The van der Waals surface area contributed by atoms with Crippen LogP contribution in [0.4, 0.5) is 0 Å². The van der Waals surface area contributed by atoms with E-state index in [1.165, 1.54) is 6.08 Å². The predicted molar refractivity (Wildman–Crippen MR) is 170 cm³/mol. The molecule has 0 radical (unpaired) electrons. The fourth-order valence-corrected chi connectivity index (χ4v) is 5.76. The van der Waals surface area contributed by atoms with Crippen LogP contribution in [-0.4, -0.2) is 75.5 Å². The molecule has 10 heteroatoms. The lowest BCUT2D eigenvalue weighted by Gasteiger charge is -2.32. The number of hydrogen-bond acceptors (Lipinski definition) is 9. The molecule has 1 saturated heterocycles. The highest BCUT2D eigenvalue weighted by Crippen LogP contribution is 2.43. The Kier molecular flexibility index (Phi) is 13.1. The largest absolute Gasteiger partial charge is 0.481 e. The number of fused-ring (bicyclic) bond motifs is 1. The van der Waals surface area contributed by atoms with Gasteiger partial charge in [-0.15, -0.1) is 0 Å². The molecule has 3 N–H and O–H groups in total. The number of rotatable bonds is 9. The fourth-order valence-electron chi connectivity index (χ4n) is 5.76. The SMILES string of the molecule is CO[C@@H](/C(C)=C/C=C/C(C)=C/c1coc(C)n1)[C@@H](C)C1C[C@H](O)C2(C)O[C@@H]2/C=C\[C@@H](C)C(O)C[C@H](CC(=O)O)C/C=C\C(=O)O1. The maximum absolute atomic E-state index is 13.0. The molecule has 3 rings (SSSR count). The molecule has 1 aromatic rings. The topological polar surface area (TPSA) is 152 Å². The lowest BCUT2D eigenvalue weighted by molar-refractivity contribution is -0.150. The third-order valence-electron chi connectivity index (χ3n) is 8.73. The first-order chi connectivity index (χ1) is 21.2. The zero-order valence-electron chi connectivity index (χ0n) is 27.4. The summed E-state index contributed by atoms with van der Waals surface area (Å²) >= 11 is 0. The Balaban J connectivity index is 1.82. The minimum absolute atomic E-state index is 0.114. The first kappa shape index (κ1) is 36.2. The van der Waals surface area contributed by atoms with Gasteiger partial charge in [-0.05, 0) is 56.8 Å². The number of cyclic esters (lactones) is 1. The number of carbonyl (C=O) groups is 2. The molecule has 0 spiro atoms. The summed E-state index contributed by atoms with van der Waals surface area (Å²) < 4.78 is 22.9. The Bertz CT molecular complexity index is 1310. The summed E-state index contributed by atoms with van der Waals surface area (Å²) in [7, 11) is 1.60. The zero-order chi connectivity index (χ0) is 33.3. The summed E-state index contributed by atoms with van der Waals surface area (Å²) in [5.74, 6) is -1.92. The zero-order valence-corrected chi connectivity index (χ0v) is 27.4. The van der Waals surface area contributed by atoms with Crippen LogP contribution in [-0.2, 0) is 23.8 Å². The van der Waals surface area contributed by atoms with E-state index in [4.69, 9.17) is 18.6 Å². The third-order valence-corrected chi connectivity index (χ3v) is 8.73. The Morgan fingerprint density at radius 1 is 1.24 bits per heavy atom. The van der Waals surface area contributed by atoms with Crippen LogP contribution in [0, 0.1) is 24.7 Å². The van der Waals surface area contributed by atoms with E-state index in [0.29, 0.717) is 12.3 Å². The van der Waals surface area contributed by atoms with Gasteiger partial charge in [0.15, 0.2) is 5.89 Å². The Labute approximate surface area is 266 Å². The molecule has 0 saturated carbocycles. The molecule has 9 atom stereocenters. The highest BCUT2D eigenvalue weighted by molar-refractivity contribution is 5.82. The predicted octanol–water partition coefficient (Wildman–Crippen LogP) is 5.35. The second-order valence-electron chi connectivity index (χ2n) is 12.6. The molecule has 1 aromatic heterocycles. The van der Waals surface area contributed by atoms with Crippen LogP contribution in [0.1, 0.15) is 71.9 Å². The molecule has 248 valence electrons. The first-order valence-corrected chi connectivity index (χ1v) is 15.5. The lowest BCUT2D eigenvalue weighted by atomic mass is 9.85. The number of oxazole rings is 1. The van der Waals surface area contributed by atoms with Gasteiger partial charge in [0.25, 0.3) is 0 Å². The lowest BCUT2D eigenvalue weighted by Crippen LogP contribution is -2.41. The molecule has 0 amide bonds. The monoisotopic (exact) mass is 627 g/mol. The summed E-state index contributed by atoms with van der Waals surface area (Å²) in [5, 5.41) is 31.4. The maximum atomic E-state index is 13.0. The number of methoxy groups -OCH3 is 1. The molecule has 2 aliphatic rings. The minimum Gasteiger partial charge on any atom is -0.481 e. The highest BCUT2D eigenvalue weighted by atomic mass is 16.6. The van der Waals surface area contributed by atoms with Crippen LogP contribution in [0.3, 0.4) is 0 Å². The summed E-state index contributed by atoms with van der Waals surface area (Å²) in [6.45, 7) is 11.3. The van der Waals surface area contributed by atoms with Crippen molar-refractivity contribution in [3.63, 3.8) is 0 Å². The van der Waals surface area contributed by atoms with Crippen molar-refractivity contribution < 1.29 is 43.5 Å². The first-order valence-electron chi connectivity index (χ1n) is 15.5. The number of aliphatic hydroxyl groups is 2. The molecule has 45 heavy (non-hydrogen) atoms. The fraction of sp³-hybridized carbons (Fsp3) is 0.571. The highest BCUT2D eigenvalue weighted by Gasteiger charge is 2.56. The van der Waals surface area contributed by atoms with E-state index in [1.807, 2.05) is 71.1 Å². The number of aryl methyl sites for hydroxylation is 1. The van der Waals surface area contributed by atoms with Crippen LogP contribution in [0.15, 0.2) is 64.4 Å². The number of epoxide rings is 1. The summed E-state index contributed by atoms with van der Waals surface area (Å²) in [5.41, 5.74) is 1.74. The van der Waals surface area contributed by atoms with Gasteiger partial charge >= 0.3 is 11.9 Å².